The molecule has 1 fully saturated rings. The highest BCUT2D eigenvalue weighted by Gasteiger charge is 2.31. The predicted molar refractivity (Wildman–Crippen MR) is 129 cm³/mol. The number of amides is 3. The molecule has 0 aliphatic carbocycles. The molecule has 1 saturated heterocycles. The average molecular weight is 482 g/mol. The van der Waals surface area contributed by atoms with Gasteiger partial charge in [-0.05, 0) is 54.1 Å². The van der Waals surface area contributed by atoms with Gasteiger partial charge < -0.3 is 20.3 Å². The molecule has 1 unspecified atom stereocenters. The summed E-state index contributed by atoms with van der Waals surface area (Å²) in [6.07, 6.45) is 1.22. The number of rotatable bonds is 6. The molecule has 2 N–H and O–H groups in total. The highest BCUT2D eigenvalue weighted by atomic mass is 35.5. The number of carbonyl (C=O) groups is 2. The van der Waals surface area contributed by atoms with Crippen molar-refractivity contribution in [2.24, 2.45) is 0 Å². The van der Waals surface area contributed by atoms with Crippen LogP contribution in [0.1, 0.15) is 24.4 Å². The quantitative estimate of drug-likeness (QED) is 0.494. The Hall–Kier alpha value is -3.58. The molecule has 1 aliphatic heterocycles. The lowest BCUT2D eigenvalue weighted by Crippen LogP contribution is -2.48. The molecule has 0 radical (unpaired) electrons. The maximum absolute atomic E-state index is 13.4. The number of carbonyl (C=O) groups excluding carboxylic acids is 2. The molecule has 1 atom stereocenters. The van der Waals surface area contributed by atoms with Crippen LogP contribution in [0.4, 0.5) is 14.9 Å². The van der Waals surface area contributed by atoms with E-state index in [-0.39, 0.29) is 17.8 Å². The van der Waals surface area contributed by atoms with Gasteiger partial charge in [0, 0.05) is 36.6 Å². The van der Waals surface area contributed by atoms with Gasteiger partial charge >= 0.3 is 6.03 Å². The maximum Gasteiger partial charge on any atom is 0.320 e. The SMILES string of the molecule is O=C(Nc1ccc(Cl)cc1)NC(C(=O)N1CCC(Oc2ccc(F)cc2)CC1)c1ccccc1. The minimum Gasteiger partial charge on any atom is -0.490 e. The van der Waals surface area contributed by atoms with Crippen molar-refractivity contribution in [3.05, 3.63) is 95.3 Å². The van der Waals surface area contributed by atoms with E-state index in [1.807, 2.05) is 30.3 Å². The minimum atomic E-state index is -0.830. The van der Waals surface area contributed by atoms with Crippen LogP contribution in [-0.4, -0.2) is 36.0 Å². The number of piperidine rings is 1. The standard InChI is InChI=1S/C26H25ClFN3O3/c27-19-6-10-21(11-7-19)29-26(33)30-24(18-4-2-1-3-5-18)25(32)31-16-14-23(15-17-31)34-22-12-8-20(28)9-13-22/h1-13,23-24H,14-17H2,(H2,29,30,33). The van der Waals surface area contributed by atoms with Crippen LogP contribution >= 0.6 is 11.6 Å². The first-order chi connectivity index (χ1) is 16.5. The molecular weight excluding hydrogens is 457 g/mol. The first kappa shape index (κ1) is 23.6. The third kappa shape index (κ3) is 6.26. The van der Waals surface area contributed by atoms with Crippen molar-refractivity contribution in [1.82, 2.24) is 10.2 Å². The molecule has 0 saturated carbocycles. The molecule has 1 aliphatic rings. The Balaban J connectivity index is 1.39. The van der Waals surface area contributed by atoms with Crippen molar-refractivity contribution in [2.45, 2.75) is 25.0 Å². The van der Waals surface area contributed by atoms with E-state index < -0.39 is 12.1 Å². The molecule has 8 heteroatoms. The molecule has 0 spiro atoms. The Bertz CT molecular complexity index is 1100. The molecule has 0 bridgehead atoms. The van der Waals surface area contributed by atoms with E-state index in [1.165, 1.54) is 12.1 Å². The van der Waals surface area contributed by atoms with Gasteiger partial charge in [0.1, 0.15) is 23.7 Å². The van der Waals surface area contributed by atoms with Crippen molar-refractivity contribution in [1.29, 1.82) is 0 Å². The van der Waals surface area contributed by atoms with Gasteiger partial charge in [0.2, 0.25) is 5.91 Å². The van der Waals surface area contributed by atoms with Crippen LogP contribution in [0.2, 0.25) is 5.02 Å². The molecule has 4 rings (SSSR count). The summed E-state index contributed by atoms with van der Waals surface area (Å²) in [5.74, 6) is 0.110. The van der Waals surface area contributed by atoms with Crippen LogP contribution in [0.3, 0.4) is 0 Å². The van der Waals surface area contributed by atoms with Crippen molar-refractivity contribution in [3.8, 4) is 5.75 Å². The Morgan fingerprint density at radius 2 is 1.59 bits per heavy atom. The fourth-order valence-electron chi connectivity index (χ4n) is 3.85. The Morgan fingerprint density at radius 1 is 0.941 bits per heavy atom. The molecule has 3 amide bonds. The summed E-state index contributed by atoms with van der Waals surface area (Å²) in [5.41, 5.74) is 1.27. The third-order valence-electron chi connectivity index (χ3n) is 5.63. The highest BCUT2D eigenvalue weighted by molar-refractivity contribution is 6.30. The van der Waals surface area contributed by atoms with E-state index in [2.05, 4.69) is 10.6 Å². The zero-order valence-electron chi connectivity index (χ0n) is 18.4. The van der Waals surface area contributed by atoms with Gasteiger partial charge in [-0.1, -0.05) is 41.9 Å². The van der Waals surface area contributed by atoms with Gasteiger partial charge in [0.15, 0.2) is 0 Å². The summed E-state index contributed by atoms with van der Waals surface area (Å²) in [7, 11) is 0. The van der Waals surface area contributed by atoms with Crippen LogP contribution < -0.4 is 15.4 Å². The second-order valence-electron chi connectivity index (χ2n) is 8.05. The van der Waals surface area contributed by atoms with Gasteiger partial charge in [-0.15, -0.1) is 0 Å². The summed E-state index contributed by atoms with van der Waals surface area (Å²) in [6.45, 7) is 0.989. The Kier molecular flexibility index (Phi) is 7.65. The fourth-order valence-corrected chi connectivity index (χ4v) is 3.97. The number of likely N-dealkylation sites (tertiary alicyclic amines) is 1. The number of anilines is 1. The normalized spacial score (nSPS) is 14.8. The van der Waals surface area contributed by atoms with Crippen LogP contribution in [0.15, 0.2) is 78.9 Å². The lowest BCUT2D eigenvalue weighted by atomic mass is 10.0. The minimum absolute atomic E-state index is 0.0640. The van der Waals surface area contributed by atoms with Gasteiger partial charge in [-0.25, -0.2) is 9.18 Å². The zero-order valence-corrected chi connectivity index (χ0v) is 19.2. The van der Waals surface area contributed by atoms with Gasteiger partial charge in [0.05, 0.1) is 0 Å². The van der Waals surface area contributed by atoms with Gasteiger partial charge in [-0.3, -0.25) is 4.79 Å². The second kappa shape index (κ2) is 11.0. The third-order valence-corrected chi connectivity index (χ3v) is 5.88. The molecule has 0 aromatic heterocycles. The lowest BCUT2D eigenvalue weighted by molar-refractivity contribution is -0.135. The van der Waals surface area contributed by atoms with Crippen molar-refractivity contribution < 1.29 is 18.7 Å². The second-order valence-corrected chi connectivity index (χ2v) is 8.48. The first-order valence-corrected chi connectivity index (χ1v) is 11.4. The number of nitrogens with one attached hydrogen (secondary N) is 2. The van der Waals surface area contributed by atoms with E-state index in [9.17, 15) is 14.0 Å². The van der Waals surface area contributed by atoms with E-state index in [0.29, 0.717) is 48.0 Å². The predicted octanol–water partition coefficient (Wildman–Crippen LogP) is 5.41. The number of ether oxygens (including phenoxy) is 1. The molecule has 3 aromatic carbocycles. The molecule has 34 heavy (non-hydrogen) atoms. The number of benzene rings is 3. The summed E-state index contributed by atoms with van der Waals surface area (Å²) in [4.78, 5) is 27.8. The van der Waals surface area contributed by atoms with Crippen molar-refractivity contribution in [2.75, 3.05) is 18.4 Å². The average Bonchev–Trinajstić information content (AvgIpc) is 2.86. The van der Waals surface area contributed by atoms with Crippen LogP contribution in [0.5, 0.6) is 5.75 Å². The van der Waals surface area contributed by atoms with E-state index in [1.54, 1.807) is 41.3 Å². The first-order valence-electron chi connectivity index (χ1n) is 11.1. The lowest BCUT2D eigenvalue weighted by Gasteiger charge is -2.34. The summed E-state index contributed by atoms with van der Waals surface area (Å²) in [5, 5.41) is 6.11. The monoisotopic (exact) mass is 481 g/mol. The van der Waals surface area contributed by atoms with Gasteiger partial charge in [0.25, 0.3) is 0 Å². The summed E-state index contributed by atoms with van der Waals surface area (Å²) in [6, 6.07) is 20.5. The van der Waals surface area contributed by atoms with Crippen molar-refractivity contribution >= 4 is 29.2 Å². The zero-order chi connectivity index (χ0) is 23.9. The molecule has 176 valence electrons. The number of urea groups is 1. The maximum atomic E-state index is 13.4. The van der Waals surface area contributed by atoms with E-state index in [0.717, 1.165) is 0 Å². The Labute approximate surface area is 202 Å². The van der Waals surface area contributed by atoms with Crippen LogP contribution in [0, 0.1) is 5.82 Å². The topological polar surface area (TPSA) is 70.7 Å². The molecule has 3 aromatic rings. The molecule has 6 nitrogen and oxygen atoms in total. The Morgan fingerprint density at radius 3 is 2.24 bits per heavy atom. The highest BCUT2D eigenvalue weighted by Crippen LogP contribution is 2.23. The number of halogens is 2. The van der Waals surface area contributed by atoms with E-state index in [4.69, 9.17) is 16.3 Å². The summed E-state index contributed by atoms with van der Waals surface area (Å²) < 4.78 is 19.0. The molecule has 1 heterocycles. The smallest absolute Gasteiger partial charge is 0.320 e. The van der Waals surface area contributed by atoms with Gasteiger partial charge in [-0.2, -0.15) is 0 Å². The largest absolute Gasteiger partial charge is 0.490 e. The van der Waals surface area contributed by atoms with Crippen molar-refractivity contribution in [3.63, 3.8) is 0 Å². The number of hydrogen-bond acceptors (Lipinski definition) is 3. The fraction of sp³-hybridized carbons (Fsp3) is 0.231. The molecular formula is C26H25ClFN3O3. The van der Waals surface area contributed by atoms with E-state index >= 15 is 0 Å². The van der Waals surface area contributed by atoms with Crippen LogP contribution in [0.25, 0.3) is 0 Å². The van der Waals surface area contributed by atoms with Crippen LogP contribution in [-0.2, 0) is 4.79 Å². The number of hydrogen-bond donors (Lipinski definition) is 2. The number of nitrogens with zero attached hydrogens (tertiary/aromatic N) is 1. The summed E-state index contributed by atoms with van der Waals surface area (Å²) >= 11 is 5.90.